The summed E-state index contributed by atoms with van der Waals surface area (Å²) in [6, 6.07) is 3.84. The Bertz CT molecular complexity index is 543. The van der Waals surface area contributed by atoms with Gasteiger partial charge in [0, 0.05) is 6.54 Å². The van der Waals surface area contributed by atoms with Gasteiger partial charge in [-0.1, -0.05) is 12.5 Å². The highest BCUT2D eigenvalue weighted by Gasteiger charge is 2.39. The summed E-state index contributed by atoms with van der Waals surface area (Å²) in [4.78, 5) is 20.9. The van der Waals surface area contributed by atoms with Crippen molar-refractivity contribution in [1.82, 2.24) is 0 Å². The molecule has 0 unspecified atom stereocenters. The molecule has 1 aromatic carbocycles. The molecule has 1 fully saturated rings. The first kappa shape index (κ1) is 14.2. The van der Waals surface area contributed by atoms with Gasteiger partial charge in [0.2, 0.25) is 5.82 Å². The molecule has 0 amide bonds. The van der Waals surface area contributed by atoms with E-state index in [2.05, 4.69) is 5.32 Å². The predicted molar refractivity (Wildman–Crippen MR) is 70.1 cm³/mol. The molecular weight excluding hydrogens is 267 g/mol. The molecule has 0 radical (unpaired) electrons. The molecule has 6 nitrogen and oxygen atoms in total. The Kier molecular flexibility index (Phi) is 3.87. The van der Waals surface area contributed by atoms with Crippen LogP contribution in [-0.2, 0) is 4.79 Å². The second-order valence-electron chi connectivity index (χ2n) is 5.17. The van der Waals surface area contributed by atoms with E-state index in [9.17, 15) is 19.3 Å². The highest BCUT2D eigenvalue weighted by Crippen LogP contribution is 2.44. The van der Waals surface area contributed by atoms with Gasteiger partial charge in [0.15, 0.2) is 0 Å². The highest BCUT2D eigenvalue weighted by molar-refractivity contribution is 5.68. The molecule has 0 atom stereocenters. The molecule has 0 spiro atoms. The molecule has 0 saturated heterocycles. The number of benzene rings is 1. The molecule has 20 heavy (non-hydrogen) atoms. The van der Waals surface area contributed by atoms with Gasteiger partial charge >= 0.3 is 11.7 Å². The summed E-state index contributed by atoms with van der Waals surface area (Å²) in [6.07, 6.45) is 2.48. The number of rotatable bonds is 6. The summed E-state index contributed by atoms with van der Waals surface area (Å²) < 4.78 is 13.5. The summed E-state index contributed by atoms with van der Waals surface area (Å²) in [5.74, 6) is -1.79. The third-order valence-electron chi connectivity index (χ3n) is 3.76. The van der Waals surface area contributed by atoms with Gasteiger partial charge in [0.25, 0.3) is 0 Å². The lowest BCUT2D eigenvalue weighted by molar-refractivity contribution is -0.386. The number of aliphatic carboxylic acids is 1. The number of hydrogen-bond donors (Lipinski definition) is 2. The normalized spacial score (nSPS) is 16.2. The number of carboxylic acids is 1. The number of carbonyl (C=O) groups is 1. The number of hydrogen-bond acceptors (Lipinski definition) is 4. The standard InChI is InChI=1S/C13H15FN2O4/c14-9-3-1-4-10(12(9)16(19)20)15-8-13(5-2-6-13)7-11(17)18/h1,3-4,15H,2,5-8H2,(H,17,18). The largest absolute Gasteiger partial charge is 0.481 e. The summed E-state index contributed by atoms with van der Waals surface area (Å²) in [7, 11) is 0. The van der Waals surface area contributed by atoms with Crippen molar-refractivity contribution < 1.29 is 19.2 Å². The van der Waals surface area contributed by atoms with E-state index in [0.29, 0.717) is 6.54 Å². The zero-order chi connectivity index (χ0) is 14.8. The third kappa shape index (κ3) is 2.87. The van der Waals surface area contributed by atoms with Crippen molar-refractivity contribution in [2.45, 2.75) is 25.7 Å². The Morgan fingerprint density at radius 2 is 2.20 bits per heavy atom. The number of nitro groups is 1. The average Bonchev–Trinajstić information content (AvgIpc) is 2.31. The maximum Gasteiger partial charge on any atom is 0.327 e. The first-order valence-electron chi connectivity index (χ1n) is 6.32. The number of nitrogens with zero attached hydrogens (tertiary/aromatic N) is 1. The van der Waals surface area contributed by atoms with E-state index in [-0.39, 0.29) is 17.5 Å². The zero-order valence-corrected chi connectivity index (χ0v) is 10.8. The van der Waals surface area contributed by atoms with Crippen LogP contribution in [0.5, 0.6) is 0 Å². The van der Waals surface area contributed by atoms with Crippen molar-refractivity contribution >= 4 is 17.3 Å². The molecule has 0 heterocycles. The Morgan fingerprint density at radius 3 is 2.70 bits per heavy atom. The van der Waals surface area contributed by atoms with Crippen molar-refractivity contribution in [2.24, 2.45) is 5.41 Å². The summed E-state index contributed by atoms with van der Waals surface area (Å²) in [6.45, 7) is 0.295. The molecule has 2 rings (SSSR count). The van der Waals surface area contributed by atoms with Gasteiger partial charge in [-0.15, -0.1) is 0 Å². The van der Waals surface area contributed by atoms with Gasteiger partial charge in [-0.25, -0.2) is 0 Å². The lowest BCUT2D eigenvalue weighted by Gasteiger charge is -2.41. The van der Waals surface area contributed by atoms with Gasteiger partial charge in [-0.3, -0.25) is 14.9 Å². The summed E-state index contributed by atoms with van der Waals surface area (Å²) in [5, 5.41) is 22.6. The van der Waals surface area contributed by atoms with E-state index < -0.39 is 22.4 Å². The topological polar surface area (TPSA) is 92.5 Å². The van der Waals surface area contributed by atoms with Crippen LogP contribution in [0.4, 0.5) is 15.8 Å². The molecular formula is C13H15FN2O4. The molecule has 1 aromatic rings. The second-order valence-corrected chi connectivity index (χ2v) is 5.17. The van der Waals surface area contributed by atoms with Crippen LogP contribution in [0, 0.1) is 21.3 Å². The van der Waals surface area contributed by atoms with Gasteiger partial charge in [0.1, 0.15) is 5.69 Å². The van der Waals surface area contributed by atoms with Crippen LogP contribution in [0.15, 0.2) is 18.2 Å². The molecule has 2 N–H and O–H groups in total. The van der Waals surface area contributed by atoms with Gasteiger partial charge in [-0.2, -0.15) is 4.39 Å². The second kappa shape index (κ2) is 5.44. The number of nitrogens with one attached hydrogen (secondary N) is 1. The molecule has 0 bridgehead atoms. The van der Waals surface area contributed by atoms with E-state index in [1.165, 1.54) is 12.1 Å². The fourth-order valence-corrected chi connectivity index (χ4v) is 2.54. The van der Waals surface area contributed by atoms with Crippen molar-refractivity contribution in [1.29, 1.82) is 0 Å². The Balaban J connectivity index is 2.13. The van der Waals surface area contributed by atoms with Crippen LogP contribution >= 0.6 is 0 Å². The number of carboxylic acid groups (broad SMARTS) is 1. The Labute approximate surface area is 114 Å². The number of para-hydroxylation sites is 1. The fraction of sp³-hybridized carbons (Fsp3) is 0.462. The van der Waals surface area contributed by atoms with Crippen LogP contribution in [0.1, 0.15) is 25.7 Å². The molecule has 108 valence electrons. The Hall–Kier alpha value is -2.18. The molecule has 1 saturated carbocycles. The van der Waals surface area contributed by atoms with Crippen LogP contribution < -0.4 is 5.32 Å². The molecule has 1 aliphatic carbocycles. The fourth-order valence-electron chi connectivity index (χ4n) is 2.54. The Morgan fingerprint density at radius 1 is 1.50 bits per heavy atom. The summed E-state index contributed by atoms with van der Waals surface area (Å²) >= 11 is 0. The van der Waals surface area contributed by atoms with Crippen molar-refractivity contribution in [2.75, 3.05) is 11.9 Å². The SMILES string of the molecule is O=C(O)CC1(CNc2cccc(F)c2[N+](=O)[O-])CCC1. The molecule has 7 heteroatoms. The zero-order valence-electron chi connectivity index (χ0n) is 10.8. The first-order chi connectivity index (χ1) is 9.43. The average molecular weight is 282 g/mol. The van der Waals surface area contributed by atoms with Crippen molar-refractivity contribution in [3.05, 3.63) is 34.1 Å². The maximum absolute atomic E-state index is 13.5. The predicted octanol–water partition coefficient (Wildman–Crippen LogP) is 2.79. The van der Waals surface area contributed by atoms with Crippen LogP contribution in [0.2, 0.25) is 0 Å². The van der Waals surface area contributed by atoms with Gasteiger partial charge in [-0.05, 0) is 30.4 Å². The molecule has 1 aliphatic rings. The highest BCUT2D eigenvalue weighted by atomic mass is 19.1. The minimum absolute atomic E-state index is 0.0170. The maximum atomic E-state index is 13.5. The van der Waals surface area contributed by atoms with Crippen LogP contribution in [0.25, 0.3) is 0 Å². The number of anilines is 1. The minimum atomic E-state index is -0.902. The minimum Gasteiger partial charge on any atom is -0.481 e. The lowest BCUT2D eigenvalue weighted by atomic mass is 9.66. The van der Waals surface area contributed by atoms with Crippen LogP contribution in [-0.4, -0.2) is 22.5 Å². The quantitative estimate of drug-likeness (QED) is 0.618. The number of nitro benzene ring substituents is 1. The first-order valence-corrected chi connectivity index (χ1v) is 6.32. The van der Waals surface area contributed by atoms with E-state index >= 15 is 0 Å². The van der Waals surface area contributed by atoms with Crippen molar-refractivity contribution in [3.8, 4) is 0 Å². The lowest BCUT2D eigenvalue weighted by Crippen LogP contribution is -2.38. The van der Waals surface area contributed by atoms with E-state index in [1.54, 1.807) is 0 Å². The molecule has 0 aliphatic heterocycles. The van der Waals surface area contributed by atoms with Crippen molar-refractivity contribution in [3.63, 3.8) is 0 Å². The third-order valence-corrected chi connectivity index (χ3v) is 3.76. The summed E-state index contributed by atoms with van der Waals surface area (Å²) in [5.41, 5.74) is -0.893. The monoisotopic (exact) mass is 282 g/mol. The van der Waals surface area contributed by atoms with E-state index in [1.807, 2.05) is 0 Å². The van der Waals surface area contributed by atoms with E-state index in [4.69, 9.17) is 5.11 Å². The van der Waals surface area contributed by atoms with Crippen LogP contribution in [0.3, 0.4) is 0 Å². The van der Waals surface area contributed by atoms with Gasteiger partial charge < -0.3 is 10.4 Å². The van der Waals surface area contributed by atoms with Gasteiger partial charge in [0.05, 0.1) is 11.3 Å². The van der Waals surface area contributed by atoms with E-state index in [0.717, 1.165) is 25.3 Å². The number of halogens is 1. The molecule has 0 aromatic heterocycles. The smallest absolute Gasteiger partial charge is 0.327 e.